The van der Waals surface area contributed by atoms with Crippen LogP contribution in [-0.2, 0) is 14.8 Å². The molecule has 0 aliphatic heterocycles. The molecule has 0 heterocycles. The van der Waals surface area contributed by atoms with Crippen molar-refractivity contribution >= 4 is 27.6 Å². The third kappa shape index (κ3) is 5.26. The summed E-state index contributed by atoms with van der Waals surface area (Å²) in [5, 5.41) is 2.62. The third-order valence-corrected chi connectivity index (χ3v) is 5.41. The standard InChI is InChI=1S/C20H24N2O6S/c1-5-21-19(23)16-12-15(8-10-18(16)27-4)29(25,26)22-17-9-7-14(11-13(17)3)20(24)28-6-2/h7-12,22H,5-6H2,1-4H3,(H,21,23). The van der Waals surface area contributed by atoms with Gasteiger partial charge < -0.3 is 14.8 Å². The van der Waals surface area contributed by atoms with E-state index >= 15 is 0 Å². The molecule has 0 aromatic heterocycles. The van der Waals surface area contributed by atoms with Crippen molar-refractivity contribution in [3.63, 3.8) is 0 Å². The second kappa shape index (κ2) is 9.42. The first-order valence-corrected chi connectivity index (χ1v) is 10.5. The number of sulfonamides is 1. The van der Waals surface area contributed by atoms with Gasteiger partial charge in [0, 0.05) is 6.54 Å². The maximum atomic E-state index is 12.8. The Kier molecular flexibility index (Phi) is 7.22. The maximum absolute atomic E-state index is 12.8. The molecule has 2 rings (SSSR count). The van der Waals surface area contributed by atoms with E-state index in [0.717, 1.165) is 0 Å². The number of aryl methyl sites for hydroxylation is 1. The Bertz CT molecular complexity index is 1020. The van der Waals surface area contributed by atoms with Gasteiger partial charge in [0.2, 0.25) is 0 Å². The molecular weight excluding hydrogens is 396 g/mol. The van der Waals surface area contributed by atoms with Gasteiger partial charge in [-0.25, -0.2) is 13.2 Å². The van der Waals surface area contributed by atoms with Crippen LogP contribution in [0.1, 0.15) is 40.1 Å². The maximum Gasteiger partial charge on any atom is 0.338 e. The summed E-state index contributed by atoms with van der Waals surface area (Å²) in [6.45, 7) is 5.78. The van der Waals surface area contributed by atoms with Gasteiger partial charge in [-0.2, -0.15) is 0 Å². The first-order valence-electron chi connectivity index (χ1n) is 9.00. The van der Waals surface area contributed by atoms with Gasteiger partial charge in [-0.3, -0.25) is 9.52 Å². The van der Waals surface area contributed by atoms with Gasteiger partial charge in [0.15, 0.2) is 0 Å². The highest BCUT2D eigenvalue weighted by Gasteiger charge is 2.21. The van der Waals surface area contributed by atoms with Gasteiger partial charge >= 0.3 is 5.97 Å². The van der Waals surface area contributed by atoms with Crippen LogP contribution in [0.2, 0.25) is 0 Å². The number of anilines is 1. The number of esters is 1. The molecule has 9 heteroatoms. The zero-order valence-electron chi connectivity index (χ0n) is 16.7. The van der Waals surface area contributed by atoms with E-state index < -0.39 is 21.9 Å². The van der Waals surface area contributed by atoms with Crippen LogP contribution in [0.15, 0.2) is 41.3 Å². The van der Waals surface area contributed by atoms with Gasteiger partial charge in [0.1, 0.15) is 5.75 Å². The number of amides is 1. The van der Waals surface area contributed by atoms with E-state index in [0.29, 0.717) is 23.4 Å². The number of nitrogens with one attached hydrogen (secondary N) is 2. The van der Waals surface area contributed by atoms with Crippen molar-refractivity contribution in [1.82, 2.24) is 5.32 Å². The van der Waals surface area contributed by atoms with Crippen molar-refractivity contribution in [3.05, 3.63) is 53.1 Å². The summed E-state index contributed by atoms with van der Waals surface area (Å²) in [4.78, 5) is 24.0. The predicted molar refractivity (Wildman–Crippen MR) is 109 cm³/mol. The van der Waals surface area contributed by atoms with Crippen molar-refractivity contribution in [3.8, 4) is 5.75 Å². The Morgan fingerprint density at radius 2 is 1.79 bits per heavy atom. The first kappa shape index (κ1) is 22.2. The Balaban J connectivity index is 2.35. The van der Waals surface area contributed by atoms with Crippen LogP contribution < -0.4 is 14.8 Å². The summed E-state index contributed by atoms with van der Waals surface area (Å²) < 4.78 is 38.2. The highest BCUT2D eigenvalue weighted by Crippen LogP contribution is 2.25. The molecule has 29 heavy (non-hydrogen) atoms. The molecule has 0 saturated heterocycles. The summed E-state index contributed by atoms with van der Waals surface area (Å²) in [6.07, 6.45) is 0. The summed E-state index contributed by atoms with van der Waals surface area (Å²) in [5.41, 5.74) is 1.31. The normalized spacial score (nSPS) is 10.9. The fraction of sp³-hybridized carbons (Fsp3) is 0.300. The van der Waals surface area contributed by atoms with Crippen LogP contribution in [0, 0.1) is 6.92 Å². The van der Waals surface area contributed by atoms with Crippen LogP contribution in [0.25, 0.3) is 0 Å². The second-order valence-electron chi connectivity index (χ2n) is 6.08. The van der Waals surface area contributed by atoms with Crippen LogP contribution in [0.5, 0.6) is 5.75 Å². The minimum atomic E-state index is -3.98. The van der Waals surface area contributed by atoms with Gasteiger partial charge in [0.05, 0.1) is 35.4 Å². The van der Waals surface area contributed by atoms with Gasteiger partial charge in [-0.05, 0) is 62.7 Å². The van der Waals surface area contributed by atoms with Crippen LogP contribution in [0.3, 0.4) is 0 Å². The molecule has 1 amide bonds. The highest BCUT2D eigenvalue weighted by atomic mass is 32.2. The number of carbonyl (C=O) groups is 2. The number of carbonyl (C=O) groups excluding carboxylic acids is 2. The number of benzene rings is 2. The van der Waals surface area contributed by atoms with Crippen LogP contribution in [-0.4, -0.2) is 40.6 Å². The molecular formula is C20H24N2O6S. The van der Waals surface area contributed by atoms with E-state index in [2.05, 4.69) is 10.0 Å². The van der Waals surface area contributed by atoms with Crippen LogP contribution in [0.4, 0.5) is 5.69 Å². The Morgan fingerprint density at radius 3 is 2.38 bits per heavy atom. The molecule has 0 saturated carbocycles. The van der Waals surface area contributed by atoms with Crippen molar-refractivity contribution in [1.29, 1.82) is 0 Å². The second-order valence-corrected chi connectivity index (χ2v) is 7.76. The summed E-state index contributed by atoms with van der Waals surface area (Å²) in [7, 11) is -2.58. The molecule has 8 nitrogen and oxygen atoms in total. The lowest BCUT2D eigenvalue weighted by molar-refractivity contribution is 0.0526. The largest absolute Gasteiger partial charge is 0.496 e. The molecule has 0 aliphatic rings. The molecule has 0 unspecified atom stereocenters. The number of ether oxygens (including phenoxy) is 2. The van der Waals surface area contributed by atoms with Crippen molar-refractivity contribution in [2.75, 3.05) is 25.0 Å². The molecule has 0 bridgehead atoms. The quantitative estimate of drug-likeness (QED) is 0.636. The summed E-state index contributed by atoms with van der Waals surface area (Å²) in [6, 6.07) is 8.56. The minimum absolute atomic E-state index is 0.0894. The van der Waals surface area contributed by atoms with E-state index in [1.165, 1.54) is 37.4 Å². The monoisotopic (exact) mass is 420 g/mol. The van der Waals surface area contributed by atoms with Gasteiger partial charge in [0.25, 0.3) is 15.9 Å². The van der Waals surface area contributed by atoms with Gasteiger partial charge in [-0.1, -0.05) is 0 Å². The zero-order valence-corrected chi connectivity index (χ0v) is 17.6. The third-order valence-electron chi connectivity index (χ3n) is 4.05. The smallest absolute Gasteiger partial charge is 0.338 e. The van der Waals surface area contributed by atoms with E-state index in [4.69, 9.17) is 9.47 Å². The fourth-order valence-corrected chi connectivity index (χ4v) is 3.77. The lowest BCUT2D eigenvalue weighted by Crippen LogP contribution is -2.24. The van der Waals surface area contributed by atoms with Crippen molar-refractivity contribution in [2.24, 2.45) is 0 Å². The molecule has 2 aromatic carbocycles. The predicted octanol–water partition coefficient (Wildman–Crippen LogP) is 2.73. The molecule has 0 radical (unpaired) electrons. The highest BCUT2D eigenvalue weighted by molar-refractivity contribution is 7.92. The number of hydrogen-bond donors (Lipinski definition) is 2. The number of hydrogen-bond acceptors (Lipinski definition) is 6. The van der Waals surface area contributed by atoms with E-state index in [-0.39, 0.29) is 22.8 Å². The Morgan fingerprint density at radius 1 is 1.07 bits per heavy atom. The summed E-state index contributed by atoms with van der Waals surface area (Å²) in [5.74, 6) is -0.645. The molecule has 0 atom stereocenters. The van der Waals surface area contributed by atoms with Crippen molar-refractivity contribution in [2.45, 2.75) is 25.7 Å². The lowest BCUT2D eigenvalue weighted by Gasteiger charge is -2.14. The number of rotatable bonds is 8. The number of methoxy groups -OCH3 is 1. The zero-order chi connectivity index (χ0) is 21.6. The summed E-state index contributed by atoms with van der Waals surface area (Å²) >= 11 is 0. The molecule has 2 aromatic rings. The lowest BCUT2D eigenvalue weighted by atomic mass is 10.1. The van der Waals surface area contributed by atoms with Crippen LogP contribution >= 0.6 is 0 Å². The minimum Gasteiger partial charge on any atom is -0.496 e. The van der Waals surface area contributed by atoms with Crippen molar-refractivity contribution < 1.29 is 27.5 Å². The van der Waals surface area contributed by atoms with Gasteiger partial charge in [-0.15, -0.1) is 0 Å². The fourth-order valence-electron chi connectivity index (χ4n) is 2.61. The van der Waals surface area contributed by atoms with E-state index in [9.17, 15) is 18.0 Å². The first-order chi connectivity index (χ1) is 13.7. The molecule has 156 valence electrons. The SMILES string of the molecule is CCNC(=O)c1cc(S(=O)(=O)Nc2ccc(C(=O)OCC)cc2C)ccc1OC. The molecule has 0 fully saturated rings. The Hall–Kier alpha value is -3.07. The topological polar surface area (TPSA) is 111 Å². The Labute approximate surface area is 170 Å². The average molecular weight is 420 g/mol. The van der Waals surface area contributed by atoms with E-state index in [1.807, 2.05) is 0 Å². The molecule has 0 aliphatic carbocycles. The molecule has 2 N–H and O–H groups in total. The average Bonchev–Trinajstić information content (AvgIpc) is 2.69. The molecule has 0 spiro atoms. The van der Waals surface area contributed by atoms with E-state index in [1.54, 1.807) is 26.8 Å².